The van der Waals surface area contributed by atoms with E-state index in [9.17, 15) is 8.78 Å². The molecule has 0 saturated heterocycles. The molecular formula is C15H19F2Y-. The number of hydrogen-bond acceptors (Lipinski definition) is 0. The van der Waals surface area contributed by atoms with Crippen molar-refractivity contribution in [3.63, 3.8) is 0 Å². The number of hydrogen-bond donors (Lipinski definition) is 0. The summed E-state index contributed by atoms with van der Waals surface area (Å²) in [5.41, 5.74) is 1.82. The molecule has 0 nitrogen and oxygen atoms in total. The molecule has 0 bridgehead atoms. The molecule has 1 aromatic carbocycles. The predicted molar refractivity (Wildman–Crippen MR) is 69.0 cm³/mol. The van der Waals surface area contributed by atoms with E-state index in [-0.39, 0.29) is 46.6 Å². The first-order valence-corrected chi connectivity index (χ1v) is 5.66. The second-order valence-corrected chi connectivity index (χ2v) is 3.47. The number of aryl methyl sites for hydroxylation is 1. The summed E-state index contributed by atoms with van der Waals surface area (Å²) >= 11 is 0. The molecule has 0 saturated carbocycles. The topological polar surface area (TPSA) is 0 Å². The van der Waals surface area contributed by atoms with Crippen LogP contribution in [0.25, 0.3) is 0 Å². The number of alkyl halides is 2. The van der Waals surface area contributed by atoms with Crippen molar-refractivity contribution < 1.29 is 41.5 Å². The van der Waals surface area contributed by atoms with Crippen LogP contribution < -0.4 is 0 Å². The van der Waals surface area contributed by atoms with Gasteiger partial charge in [0.25, 0.3) is 0 Å². The first kappa shape index (κ1) is 20.1. The Labute approximate surface area is 134 Å². The molecule has 0 heterocycles. The summed E-state index contributed by atoms with van der Waals surface area (Å²) in [4.78, 5) is 0. The Bertz CT molecular complexity index is 402. The Kier molecular flexibility index (Phi) is 10.8. The van der Waals surface area contributed by atoms with E-state index in [0.717, 1.165) is 11.1 Å². The monoisotopic (exact) mass is 326 g/mol. The van der Waals surface area contributed by atoms with E-state index in [1.54, 1.807) is 6.07 Å². The molecule has 0 unspecified atom stereocenters. The molecule has 0 fully saturated rings. The van der Waals surface area contributed by atoms with E-state index in [1.807, 2.05) is 38.0 Å². The predicted octanol–water partition coefficient (Wildman–Crippen LogP) is 4.48. The van der Waals surface area contributed by atoms with E-state index >= 15 is 0 Å². The second kappa shape index (κ2) is 9.64. The minimum absolute atomic E-state index is 0. The maximum Gasteiger partial charge on any atom is 0.308 e. The van der Waals surface area contributed by atoms with Gasteiger partial charge < -0.3 is 7.43 Å². The summed E-state index contributed by atoms with van der Waals surface area (Å²) < 4.78 is 25.9. The fraction of sp³-hybridized carbons (Fsp3) is 0.400. The van der Waals surface area contributed by atoms with E-state index < -0.39 is 5.92 Å². The zero-order chi connectivity index (χ0) is 12.0. The summed E-state index contributed by atoms with van der Waals surface area (Å²) in [7, 11) is 0. The van der Waals surface area contributed by atoms with Crippen molar-refractivity contribution in [3.05, 3.63) is 42.8 Å². The van der Waals surface area contributed by atoms with Gasteiger partial charge in [-0.3, -0.25) is 0 Å². The van der Waals surface area contributed by atoms with Crippen LogP contribution in [0.2, 0.25) is 0 Å². The number of halogens is 2. The molecule has 0 N–H and O–H groups in total. The molecule has 1 aliphatic carbocycles. The zero-order valence-electron chi connectivity index (χ0n) is 11.3. The van der Waals surface area contributed by atoms with Gasteiger partial charge in [-0.05, 0) is 30.4 Å². The zero-order valence-corrected chi connectivity index (χ0v) is 14.1. The van der Waals surface area contributed by atoms with Crippen molar-refractivity contribution in [1.29, 1.82) is 0 Å². The van der Waals surface area contributed by atoms with E-state index in [2.05, 4.69) is 5.92 Å². The summed E-state index contributed by atoms with van der Waals surface area (Å²) in [6, 6.07) is 7.49. The SMILES string of the molecule is CC.FC1(F)C#Cc2ccccc2CCC1.[CH3-].[Y]. The minimum atomic E-state index is -2.81. The van der Waals surface area contributed by atoms with Crippen LogP contribution in [0.3, 0.4) is 0 Å². The average molecular weight is 326 g/mol. The van der Waals surface area contributed by atoms with Gasteiger partial charge in [-0.25, -0.2) is 0 Å². The normalized spacial score (nSPS) is 14.7. The van der Waals surface area contributed by atoms with Crippen LogP contribution in [0.15, 0.2) is 24.3 Å². The molecule has 0 spiro atoms. The van der Waals surface area contributed by atoms with Crippen molar-refractivity contribution in [2.45, 2.75) is 39.0 Å². The third-order valence-electron chi connectivity index (χ3n) is 2.33. The van der Waals surface area contributed by atoms with Gasteiger partial charge in [0.1, 0.15) is 0 Å². The smallest absolute Gasteiger partial charge is 0.308 e. The maximum absolute atomic E-state index is 13.0. The molecule has 0 aromatic heterocycles. The Morgan fingerprint density at radius 3 is 2.44 bits per heavy atom. The minimum Gasteiger partial charge on any atom is -0.358 e. The van der Waals surface area contributed by atoms with Gasteiger partial charge in [0.2, 0.25) is 0 Å². The van der Waals surface area contributed by atoms with Gasteiger partial charge in [-0.15, -0.1) is 0 Å². The van der Waals surface area contributed by atoms with Crippen LogP contribution in [-0.2, 0) is 39.1 Å². The van der Waals surface area contributed by atoms with Crippen LogP contribution in [0.4, 0.5) is 8.78 Å². The molecule has 1 aromatic rings. The van der Waals surface area contributed by atoms with Crippen molar-refractivity contribution >= 4 is 0 Å². The fourth-order valence-electron chi connectivity index (χ4n) is 1.58. The van der Waals surface area contributed by atoms with Crippen molar-refractivity contribution in [2.24, 2.45) is 0 Å². The molecule has 2 rings (SSSR count). The Morgan fingerprint density at radius 2 is 1.78 bits per heavy atom. The molecule has 97 valence electrons. The van der Waals surface area contributed by atoms with Gasteiger partial charge in [-0.1, -0.05) is 38.0 Å². The van der Waals surface area contributed by atoms with Crippen molar-refractivity contribution in [3.8, 4) is 11.8 Å². The molecule has 0 aliphatic heterocycles. The summed E-state index contributed by atoms with van der Waals surface area (Å²) in [6.45, 7) is 4.00. The largest absolute Gasteiger partial charge is 0.358 e. The van der Waals surface area contributed by atoms with Gasteiger partial charge in [0, 0.05) is 44.7 Å². The summed E-state index contributed by atoms with van der Waals surface area (Å²) in [5.74, 6) is 1.78. The van der Waals surface area contributed by atoms with Gasteiger partial charge in [-0.2, -0.15) is 8.78 Å². The van der Waals surface area contributed by atoms with Gasteiger partial charge in [0.15, 0.2) is 0 Å². The Balaban J connectivity index is 0. The quantitative estimate of drug-likeness (QED) is 0.487. The Hall–Kier alpha value is -0.256. The standard InChI is InChI=1S/C12H10F2.C2H6.CH3.Y/c13-12(14)8-3-6-10-4-1-2-5-11(10)7-9-12;1-2;;/h1-2,4-5H,3,6,8H2;1-2H3;1H3;/q;;-1;. The average Bonchev–Trinajstić information content (AvgIpc) is 2.28. The van der Waals surface area contributed by atoms with E-state index in [1.165, 1.54) is 0 Å². The first-order valence-electron chi connectivity index (χ1n) is 5.66. The maximum atomic E-state index is 13.0. The molecule has 0 amide bonds. The number of fused-ring (bicyclic) bond motifs is 1. The number of rotatable bonds is 0. The third kappa shape index (κ3) is 6.07. The fourth-order valence-corrected chi connectivity index (χ4v) is 1.58. The summed E-state index contributed by atoms with van der Waals surface area (Å²) in [6.07, 6.45) is 1.06. The van der Waals surface area contributed by atoms with Gasteiger partial charge in [0.05, 0.1) is 0 Å². The second-order valence-electron chi connectivity index (χ2n) is 3.47. The van der Waals surface area contributed by atoms with Crippen LogP contribution in [0, 0.1) is 19.3 Å². The van der Waals surface area contributed by atoms with Crippen LogP contribution in [-0.4, -0.2) is 5.92 Å². The van der Waals surface area contributed by atoms with Crippen LogP contribution in [0.5, 0.6) is 0 Å². The van der Waals surface area contributed by atoms with Crippen molar-refractivity contribution in [1.82, 2.24) is 0 Å². The van der Waals surface area contributed by atoms with Crippen molar-refractivity contribution in [2.75, 3.05) is 0 Å². The molecule has 18 heavy (non-hydrogen) atoms. The third-order valence-corrected chi connectivity index (χ3v) is 2.33. The molecular weight excluding hydrogens is 307 g/mol. The Morgan fingerprint density at radius 1 is 1.17 bits per heavy atom. The van der Waals surface area contributed by atoms with Crippen LogP contribution in [0.1, 0.15) is 37.8 Å². The summed E-state index contributed by atoms with van der Waals surface area (Å²) in [5, 5.41) is 0. The molecule has 3 heteroatoms. The van der Waals surface area contributed by atoms with Gasteiger partial charge >= 0.3 is 5.92 Å². The molecule has 1 aliphatic rings. The van der Waals surface area contributed by atoms with E-state index in [4.69, 9.17) is 0 Å². The molecule has 0 atom stereocenters. The van der Waals surface area contributed by atoms with E-state index in [0.29, 0.717) is 12.8 Å². The number of benzene rings is 1. The van der Waals surface area contributed by atoms with Crippen LogP contribution >= 0.6 is 0 Å². The first-order chi connectivity index (χ1) is 7.67. The molecule has 1 radical (unpaired) electrons.